The van der Waals surface area contributed by atoms with E-state index in [0.29, 0.717) is 18.8 Å². The Morgan fingerprint density at radius 2 is 1.96 bits per heavy atom. The molecule has 2 N–H and O–H groups in total. The third kappa shape index (κ3) is 5.11. The van der Waals surface area contributed by atoms with E-state index in [0.717, 1.165) is 19.2 Å². The third-order valence-electron chi connectivity index (χ3n) is 3.98. The first-order chi connectivity index (χ1) is 11.7. The molecule has 2 rings (SSSR count). The number of nitrogens with zero attached hydrogens (tertiary/aromatic N) is 2. The Hall–Kier alpha value is -1.75. The minimum Gasteiger partial charge on any atom is -0.378 e. The molecule has 10 heteroatoms. The molecule has 0 bridgehead atoms. The zero-order chi connectivity index (χ0) is 18.6. The van der Waals surface area contributed by atoms with Gasteiger partial charge in [0, 0.05) is 32.2 Å². The van der Waals surface area contributed by atoms with E-state index in [9.17, 15) is 18.5 Å². The second-order valence-electron chi connectivity index (χ2n) is 6.09. The fourth-order valence-corrected chi connectivity index (χ4v) is 3.66. The maximum absolute atomic E-state index is 11.8. The highest BCUT2D eigenvalue weighted by atomic mass is 32.2. The number of benzene rings is 1. The minimum atomic E-state index is -3.73. The topological polar surface area (TPSA) is 114 Å². The standard InChI is InChI=1S/C15H24N4O5S/c1-11-9-18(10-12(2)24-11)7-6-17-14-5-4-13(25(22,23)16-3)8-15(14)19(20)21/h4-5,8,11-12,16-17H,6-7,9-10H2,1-3H3. The first kappa shape index (κ1) is 19.6. The van der Waals surface area contributed by atoms with Crippen molar-refractivity contribution < 1.29 is 18.1 Å². The first-order valence-corrected chi connectivity index (χ1v) is 9.55. The average molecular weight is 372 g/mol. The molecule has 0 saturated carbocycles. The van der Waals surface area contributed by atoms with Crippen molar-refractivity contribution in [2.75, 3.05) is 38.5 Å². The number of anilines is 1. The summed E-state index contributed by atoms with van der Waals surface area (Å²) in [5.74, 6) is 0. The van der Waals surface area contributed by atoms with Crippen molar-refractivity contribution in [2.45, 2.75) is 31.0 Å². The normalized spacial score (nSPS) is 21.9. The lowest BCUT2D eigenvalue weighted by atomic mass is 10.2. The van der Waals surface area contributed by atoms with Gasteiger partial charge in [0.05, 0.1) is 22.0 Å². The van der Waals surface area contributed by atoms with Gasteiger partial charge in [-0.2, -0.15) is 0 Å². The zero-order valence-electron chi connectivity index (χ0n) is 14.6. The van der Waals surface area contributed by atoms with E-state index >= 15 is 0 Å². The largest absolute Gasteiger partial charge is 0.378 e. The van der Waals surface area contributed by atoms with Gasteiger partial charge in [-0.15, -0.1) is 0 Å². The predicted molar refractivity (Wildman–Crippen MR) is 94.3 cm³/mol. The van der Waals surface area contributed by atoms with Gasteiger partial charge in [-0.1, -0.05) is 0 Å². The van der Waals surface area contributed by atoms with E-state index < -0.39 is 14.9 Å². The number of hydrogen-bond acceptors (Lipinski definition) is 7. The highest BCUT2D eigenvalue weighted by Crippen LogP contribution is 2.27. The number of ether oxygens (including phenoxy) is 1. The van der Waals surface area contributed by atoms with Crippen LogP contribution in [-0.4, -0.2) is 63.7 Å². The molecule has 1 aliphatic heterocycles. The third-order valence-corrected chi connectivity index (χ3v) is 5.40. The summed E-state index contributed by atoms with van der Waals surface area (Å²) in [7, 11) is -2.46. The second-order valence-corrected chi connectivity index (χ2v) is 7.97. The van der Waals surface area contributed by atoms with Crippen molar-refractivity contribution in [2.24, 2.45) is 0 Å². The van der Waals surface area contributed by atoms with Crippen LogP contribution in [0, 0.1) is 10.1 Å². The number of hydrogen-bond donors (Lipinski definition) is 2. The molecule has 2 atom stereocenters. The zero-order valence-corrected chi connectivity index (χ0v) is 15.4. The molecule has 1 aromatic carbocycles. The minimum absolute atomic E-state index is 0.136. The van der Waals surface area contributed by atoms with Crippen LogP contribution in [0.3, 0.4) is 0 Å². The second kappa shape index (κ2) is 8.09. The van der Waals surface area contributed by atoms with Crippen molar-refractivity contribution in [3.63, 3.8) is 0 Å². The SMILES string of the molecule is CNS(=O)(=O)c1ccc(NCCN2CC(C)OC(C)C2)c([N+](=O)[O-])c1. The lowest BCUT2D eigenvalue weighted by Gasteiger charge is -2.35. The molecule has 0 radical (unpaired) electrons. The molecule has 2 unspecified atom stereocenters. The number of rotatable bonds is 7. The molecule has 0 aliphatic carbocycles. The molecule has 25 heavy (non-hydrogen) atoms. The highest BCUT2D eigenvalue weighted by molar-refractivity contribution is 7.89. The van der Waals surface area contributed by atoms with E-state index in [1.807, 2.05) is 13.8 Å². The summed E-state index contributed by atoms with van der Waals surface area (Å²) >= 11 is 0. The van der Waals surface area contributed by atoms with Crippen LogP contribution >= 0.6 is 0 Å². The quantitative estimate of drug-likeness (QED) is 0.542. The first-order valence-electron chi connectivity index (χ1n) is 8.06. The van der Waals surface area contributed by atoms with Gasteiger partial charge in [-0.25, -0.2) is 13.1 Å². The molecule has 140 valence electrons. The van der Waals surface area contributed by atoms with Gasteiger partial charge in [0.25, 0.3) is 5.69 Å². The Labute approximate surface area is 147 Å². The monoisotopic (exact) mass is 372 g/mol. The molecule has 1 heterocycles. The maximum atomic E-state index is 11.8. The summed E-state index contributed by atoms with van der Waals surface area (Å²) in [5.41, 5.74) is 0.0365. The number of sulfonamides is 1. The maximum Gasteiger partial charge on any atom is 0.293 e. The molecule has 1 aliphatic rings. The van der Waals surface area contributed by atoms with Crippen LogP contribution in [0.2, 0.25) is 0 Å². The Morgan fingerprint density at radius 3 is 2.52 bits per heavy atom. The summed E-state index contributed by atoms with van der Waals surface area (Å²) < 4.78 is 31.4. The molecular formula is C15H24N4O5S. The van der Waals surface area contributed by atoms with Gasteiger partial charge >= 0.3 is 0 Å². The van der Waals surface area contributed by atoms with Gasteiger partial charge in [0.2, 0.25) is 10.0 Å². The highest BCUT2D eigenvalue weighted by Gasteiger charge is 2.23. The van der Waals surface area contributed by atoms with Gasteiger partial charge < -0.3 is 10.1 Å². The summed E-state index contributed by atoms with van der Waals surface area (Å²) in [6.45, 7) is 6.88. The number of morpholine rings is 1. The summed E-state index contributed by atoms with van der Waals surface area (Å²) in [5, 5.41) is 14.3. The van der Waals surface area contributed by atoms with Gasteiger partial charge in [0.15, 0.2) is 0 Å². The molecule has 0 amide bonds. The number of nitro benzene ring substituents is 1. The fraction of sp³-hybridized carbons (Fsp3) is 0.600. The van der Waals surface area contributed by atoms with Gasteiger partial charge in [-0.05, 0) is 33.0 Å². The van der Waals surface area contributed by atoms with Crippen LogP contribution in [0.1, 0.15) is 13.8 Å². The number of nitro groups is 1. The average Bonchev–Trinajstić information content (AvgIpc) is 2.53. The van der Waals surface area contributed by atoms with Crippen LogP contribution in [0.15, 0.2) is 23.1 Å². The van der Waals surface area contributed by atoms with Crippen LogP contribution in [-0.2, 0) is 14.8 Å². The Balaban J connectivity index is 2.05. The molecule has 0 spiro atoms. The lowest BCUT2D eigenvalue weighted by molar-refractivity contribution is -0.384. The van der Waals surface area contributed by atoms with E-state index in [1.165, 1.54) is 19.2 Å². The summed E-state index contributed by atoms with van der Waals surface area (Å²) in [4.78, 5) is 12.8. The predicted octanol–water partition coefficient (Wildman–Crippen LogP) is 1.02. The molecule has 1 saturated heterocycles. The van der Waals surface area contributed by atoms with Crippen molar-refractivity contribution in [3.05, 3.63) is 28.3 Å². The number of nitrogens with one attached hydrogen (secondary N) is 2. The van der Waals surface area contributed by atoms with Crippen molar-refractivity contribution >= 4 is 21.4 Å². The van der Waals surface area contributed by atoms with Crippen molar-refractivity contribution in [3.8, 4) is 0 Å². The van der Waals surface area contributed by atoms with Crippen LogP contribution in [0.5, 0.6) is 0 Å². The molecule has 1 aromatic rings. The fourth-order valence-electron chi connectivity index (χ4n) is 2.91. The van der Waals surface area contributed by atoms with Crippen LogP contribution in [0.4, 0.5) is 11.4 Å². The van der Waals surface area contributed by atoms with Crippen LogP contribution in [0.25, 0.3) is 0 Å². The van der Waals surface area contributed by atoms with Crippen LogP contribution < -0.4 is 10.0 Å². The molecule has 9 nitrogen and oxygen atoms in total. The van der Waals surface area contributed by atoms with Crippen molar-refractivity contribution in [1.82, 2.24) is 9.62 Å². The smallest absolute Gasteiger partial charge is 0.293 e. The van der Waals surface area contributed by atoms with E-state index in [1.54, 1.807) is 0 Å². The Bertz CT molecular complexity index is 715. The Kier molecular flexibility index (Phi) is 6.33. The van der Waals surface area contributed by atoms with E-state index in [-0.39, 0.29) is 22.8 Å². The molecular weight excluding hydrogens is 348 g/mol. The lowest BCUT2D eigenvalue weighted by Crippen LogP contribution is -2.46. The Morgan fingerprint density at radius 1 is 1.32 bits per heavy atom. The summed E-state index contributed by atoms with van der Waals surface area (Å²) in [6, 6.07) is 3.83. The van der Waals surface area contributed by atoms with E-state index in [2.05, 4.69) is 14.9 Å². The molecule has 1 fully saturated rings. The van der Waals surface area contributed by atoms with Gasteiger partial charge in [0.1, 0.15) is 5.69 Å². The van der Waals surface area contributed by atoms with Gasteiger partial charge in [-0.3, -0.25) is 15.0 Å². The summed E-state index contributed by atoms with van der Waals surface area (Å²) in [6.07, 6.45) is 0.313. The van der Waals surface area contributed by atoms with Crippen molar-refractivity contribution in [1.29, 1.82) is 0 Å². The van der Waals surface area contributed by atoms with E-state index in [4.69, 9.17) is 4.74 Å². The molecule has 0 aromatic heterocycles.